The van der Waals surface area contributed by atoms with Crippen LogP contribution in [0, 0.1) is 17.1 Å². The Morgan fingerprint density at radius 3 is 2.62 bits per heavy atom. The van der Waals surface area contributed by atoms with Crippen LogP contribution in [0.25, 0.3) is 0 Å². The van der Waals surface area contributed by atoms with Crippen LogP contribution < -0.4 is 9.47 Å². The van der Waals surface area contributed by atoms with Crippen LogP contribution in [0.3, 0.4) is 0 Å². The molecule has 3 nitrogen and oxygen atoms in total. The van der Waals surface area contributed by atoms with E-state index in [2.05, 4.69) is 0 Å². The first-order chi connectivity index (χ1) is 10.2. The summed E-state index contributed by atoms with van der Waals surface area (Å²) >= 11 is 1.38. The molecule has 2 aromatic carbocycles. The smallest absolute Gasteiger partial charge is 0.162 e. The van der Waals surface area contributed by atoms with Gasteiger partial charge in [-0.1, -0.05) is 11.8 Å². The quantitative estimate of drug-likeness (QED) is 0.840. The van der Waals surface area contributed by atoms with Crippen LogP contribution in [0.5, 0.6) is 11.5 Å². The first-order valence-electron chi connectivity index (χ1n) is 6.53. The van der Waals surface area contributed by atoms with Crippen LogP contribution >= 0.6 is 11.8 Å². The Morgan fingerprint density at radius 2 is 1.81 bits per heavy atom. The normalized spacial score (nSPS) is 13.3. The molecule has 0 radical (unpaired) electrons. The maximum atomic E-state index is 13.4. The molecule has 3 rings (SSSR count). The molecule has 21 heavy (non-hydrogen) atoms. The number of hydrogen-bond donors (Lipinski definition) is 0. The fraction of sp³-hybridized carbons (Fsp3) is 0.188. The number of benzene rings is 2. The summed E-state index contributed by atoms with van der Waals surface area (Å²) in [5, 5.41) is 8.88. The van der Waals surface area contributed by atoms with Crippen molar-refractivity contribution in [1.29, 1.82) is 5.26 Å². The Kier molecular flexibility index (Phi) is 3.98. The third kappa shape index (κ3) is 3.29. The third-order valence-corrected chi connectivity index (χ3v) is 3.92. The molecule has 106 valence electrons. The highest BCUT2D eigenvalue weighted by Gasteiger charge is 2.11. The van der Waals surface area contributed by atoms with Gasteiger partial charge in [0.15, 0.2) is 11.5 Å². The molecule has 0 bridgehead atoms. The van der Waals surface area contributed by atoms with Gasteiger partial charge >= 0.3 is 0 Å². The lowest BCUT2D eigenvalue weighted by molar-refractivity contribution is 0.297. The molecule has 0 unspecified atom stereocenters. The van der Waals surface area contributed by atoms with E-state index in [0.29, 0.717) is 29.4 Å². The number of hydrogen-bond acceptors (Lipinski definition) is 4. The Morgan fingerprint density at radius 1 is 1.00 bits per heavy atom. The van der Waals surface area contributed by atoms with Crippen molar-refractivity contribution in [2.75, 3.05) is 13.2 Å². The second-order valence-corrected chi connectivity index (χ2v) is 5.70. The summed E-state index contributed by atoms with van der Waals surface area (Å²) in [4.78, 5) is 1.59. The van der Waals surface area contributed by atoms with Gasteiger partial charge in [0.2, 0.25) is 0 Å². The molecule has 0 aromatic heterocycles. The van der Waals surface area contributed by atoms with Gasteiger partial charge in [-0.05, 0) is 36.4 Å². The van der Waals surface area contributed by atoms with Gasteiger partial charge in [0.25, 0.3) is 0 Å². The zero-order valence-electron chi connectivity index (χ0n) is 11.1. The Bertz CT molecular complexity index is 712. The van der Waals surface area contributed by atoms with Crippen molar-refractivity contribution in [3.05, 3.63) is 47.8 Å². The van der Waals surface area contributed by atoms with E-state index >= 15 is 0 Å². The largest absolute Gasteiger partial charge is 0.490 e. The van der Waals surface area contributed by atoms with Crippen LogP contribution in [0.15, 0.2) is 46.2 Å². The van der Waals surface area contributed by atoms with E-state index in [0.717, 1.165) is 17.1 Å². The highest BCUT2D eigenvalue weighted by molar-refractivity contribution is 7.99. The summed E-state index contributed by atoms with van der Waals surface area (Å²) in [5.41, 5.74) is 0.312. The van der Waals surface area contributed by atoms with Crippen LogP contribution in [0.4, 0.5) is 4.39 Å². The maximum absolute atomic E-state index is 13.4. The molecule has 0 aliphatic carbocycles. The zero-order chi connectivity index (χ0) is 14.7. The summed E-state index contributed by atoms with van der Waals surface area (Å²) in [7, 11) is 0. The monoisotopic (exact) mass is 301 g/mol. The summed E-state index contributed by atoms with van der Waals surface area (Å²) in [5.74, 6) is 1.02. The molecule has 0 saturated carbocycles. The minimum absolute atomic E-state index is 0.312. The second kappa shape index (κ2) is 6.06. The maximum Gasteiger partial charge on any atom is 0.162 e. The summed E-state index contributed by atoms with van der Waals surface area (Å²) in [6.45, 7) is 1.27. The first-order valence-corrected chi connectivity index (χ1v) is 7.34. The highest BCUT2D eigenvalue weighted by Crippen LogP contribution is 2.36. The first kappa shape index (κ1) is 13.8. The van der Waals surface area contributed by atoms with Crippen molar-refractivity contribution in [3.8, 4) is 17.6 Å². The van der Waals surface area contributed by atoms with Gasteiger partial charge in [-0.25, -0.2) is 4.39 Å². The lowest BCUT2D eigenvalue weighted by Crippen LogP contribution is -1.97. The lowest BCUT2D eigenvalue weighted by Gasteiger charge is -2.09. The molecule has 0 saturated heterocycles. The molecule has 2 aromatic rings. The lowest BCUT2D eigenvalue weighted by atomic mass is 10.2. The molecular weight excluding hydrogens is 289 g/mol. The van der Waals surface area contributed by atoms with E-state index in [1.165, 1.54) is 23.9 Å². The topological polar surface area (TPSA) is 42.2 Å². The Hall–Kier alpha value is -2.19. The highest BCUT2D eigenvalue weighted by atomic mass is 32.2. The summed E-state index contributed by atoms with van der Waals surface area (Å²) in [6, 6.07) is 11.9. The molecule has 0 atom stereocenters. The number of halogens is 1. The molecule has 5 heteroatoms. The van der Waals surface area contributed by atoms with Crippen LogP contribution in [0.1, 0.15) is 12.0 Å². The molecule has 1 aliphatic rings. The van der Waals surface area contributed by atoms with E-state index in [-0.39, 0.29) is 0 Å². The molecule has 1 aliphatic heterocycles. The van der Waals surface area contributed by atoms with Gasteiger partial charge in [0.1, 0.15) is 5.82 Å². The average molecular weight is 301 g/mol. The van der Waals surface area contributed by atoms with Gasteiger partial charge in [0.05, 0.1) is 24.8 Å². The van der Waals surface area contributed by atoms with E-state index in [1.54, 1.807) is 6.07 Å². The predicted octanol–water partition coefficient (Wildman–Crippen LogP) is 4.01. The van der Waals surface area contributed by atoms with Crippen molar-refractivity contribution < 1.29 is 13.9 Å². The van der Waals surface area contributed by atoms with E-state index in [4.69, 9.17) is 14.7 Å². The standard InChI is InChI=1S/C16H12FNO2S/c17-12-6-11(10-18)7-14(8-12)21-13-2-3-15-16(9-13)20-5-1-4-19-15/h2-3,6-9H,1,4-5H2. The molecule has 0 spiro atoms. The number of ether oxygens (including phenoxy) is 2. The summed E-state index contributed by atoms with van der Waals surface area (Å²) in [6.07, 6.45) is 0.854. The molecule has 0 amide bonds. The van der Waals surface area contributed by atoms with Gasteiger partial charge in [-0.3, -0.25) is 0 Å². The third-order valence-electron chi connectivity index (χ3n) is 2.96. The van der Waals surface area contributed by atoms with Crippen LogP contribution in [0.2, 0.25) is 0 Å². The molecule has 1 heterocycles. The van der Waals surface area contributed by atoms with Gasteiger partial charge in [-0.2, -0.15) is 5.26 Å². The van der Waals surface area contributed by atoms with Crippen molar-refractivity contribution in [2.45, 2.75) is 16.2 Å². The minimum Gasteiger partial charge on any atom is -0.490 e. The van der Waals surface area contributed by atoms with Crippen molar-refractivity contribution in [1.82, 2.24) is 0 Å². The van der Waals surface area contributed by atoms with E-state index in [9.17, 15) is 4.39 Å². The van der Waals surface area contributed by atoms with E-state index in [1.807, 2.05) is 24.3 Å². The molecule has 0 fully saturated rings. The van der Waals surface area contributed by atoms with Crippen molar-refractivity contribution in [2.24, 2.45) is 0 Å². The van der Waals surface area contributed by atoms with Crippen LogP contribution in [-0.2, 0) is 0 Å². The van der Waals surface area contributed by atoms with Gasteiger partial charge in [-0.15, -0.1) is 0 Å². The summed E-state index contributed by atoms with van der Waals surface area (Å²) < 4.78 is 24.6. The number of rotatable bonds is 2. The van der Waals surface area contributed by atoms with Gasteiger partial charge < -0.3 is 9.47 Å². The second-order valence-electron chi connectivity index (χ2n) is 4.55. The average Bonchev–Trinajstić information content (AvgIpc) is 2.71. The number of nitrogens with zero attached hydrogens (tertiary/aromatic N) is 1. The number of fused-ring (bicyclic) bond motifs is 1. The van der Waals surface area contributed by atoms with Crippen molar-refractivity contribution in [3.63, 3.8) is 0 Å². The SMILES string of the molecule is N#Cc1cc(F)cc(Sc2ccc3c(c2)OCCCO3)c1. The van der Waals surface area contributed by atoms with Gasteiger partial charge in [0, 0.05) is 16.2 Å². The Labute approximate surface area is 126 Å². The Balaban J connectivity index is 1.87. The van der Waals surface area contributed by atoms with Crippen molar-refractivity contribution >= 4 is 11.8 Å². The molecular formula is C16H12FNO2S. The fourth-order valence-electron chi connectivity index (χ4n) is 2.03. The van der Waals surface area contributed by atoms with Crippen LogP contribution in [-0.4, -0.2) is 13.2 Å². The number of nitriles is 1. The molecule has 0 N–H and O–H groups in total. The fourth-order valence-corrected chi connectivity index (χ4v) is 2.96. The minimum atomic E-state index is -0.411. The predicted molar refractivity (Wildman–Crippen MR) is 77.3 cm³/mol. The zero-order valence-corrected chi connectivity index (χ0v) is 12.0. The van der Waals surface area contributed by atoms with E-state index < -0.39 is 5.82 Å².